The van der Waals surface area contributed by atoms with E-state index in [1.165, 1.54) is 141 Å². The van der Waals surface area contributed by atoms with Crippen molar-refractivity contribution in [1.29, 1.82) is 0 Å². The lowest BCUT2D eigenvalue weighted by atomic mass is 9.99. The van der Waals surface area contributed by atoms with Crippen molar-refractivity contribution in [2.45, 2.75) is 200 Å². The van der Waals surface area contributed by atoms with Gasteiger partial charge in [0.05, 0.1) is 12.0 Å². The molecular formula is C44H77N3O. The zero-order valence-corrected chi connectivity index (χ0v) is 32.0. The average Bonchev–Trinajstić information content (AvgIpc) is 3.51. The highest BCUT2D eigenvalue weighted by molar-refractivity contribution is 5.76. The number of amides is 1. The molecule has 1 aromatic rings. The van der Waals surface area contributed by atoms with Crippen LogP contribution in [-0.4, -0.2) is 21.5 Å². The second kappa shape index (κ2) is 34.5. The number of imidazole rings is 1. The maximum absolute atomic E-state index is 12.8. The molecule has 274 valence electrons. The van der Waals surface area contributed by atoms with E-state index in [1.54, 1.807) is 0 Å². The minimum atomic E-state index is 0.186. The number of carbonyl (C=O) groups is 1. The monoisotopic (exact) mass is 664 g/mol. The van der Waals surface area contributed by atoms with Crippen molar-refractivity contribution in [2.24, 2.45) is 7.05 Å². The number of hydrogen-bond acceptors (Lipinski definition) is 2. The van der Waals surface area contributed by atoms with Gasteiger partial charge < -0.3 is 9.88 Å². The summed E-state index contributed by atoms with van der Waals surface area (Å²) in [7, 11) is 1.98. The van der Waals surface area contributed by atoms with Crippen molar-refractivity contribution in [2.75, 3.05) is 0 Å². The highest BCUT2D eigenvalue weighted by Gasteiger charge is 2.13. The summed E-state index contributed by atoms with van der Waals surface area (Å²) in [6.07, 6.45) is 56.6. The van der Waals surface area contributed by atoms with Gasteiger partial charge in [-0.3, -0.25) is 4.79 Å². The molecule has 1 rings (SSSR count). The Balaban J connectivity index is 2.18. The Morgan fingerprint density at radius 1 is 0.625 bits per heavy atom. The van der Waals surface area contributed by atoms with E-state index in [0.717, 1.165) is 37.8 Å². The van der Waals surface area contributed by atoms with Crippen LogP contribution in [0.5, 0.6) is 0 Å². The van der Waals surface area contributed by atoms with Crippen LogP contribution in [0.15, 0.2) is 61.1 Å². The van der Waals surface area contributed by atoms with Gasteiger partial charge in [0.15, 0.2) is 0 Å². The van der Waals surface area contributed by atoms with Crippen LogP contribution in [0.3, 0.4) is 0 Å². The molecule has 1 aromatic heterocycles. The molecule has 4 nitrogen and oxygen atoms in total. The van der Waals surface area contributed by atoms with Crippen molar-refractivity contribution >= 4 is 5.91 Å². The van der Waals surface area contributed by atoms with Crippen LogP contribution in [0.2, 0.25) is 0 Å². The Labute approximate surface area is 298 Å². The van der Waals surface area contributed by atoms with E-state index in [4.69, 9.17) is 0 Å². The number of allylic oxidation sites excluding steroid dienone is 8. The standard InChI is InChI=1S/C44H77N3O/c1-4-6-8-10-12-14-16-18-20-22-24-26-28-30-32-34-36-42(46-44(48)39-38-43-40-47(3)41-45-43)37-35-33-31-29-27-25-23-21-19-17-15-13-11-9-7-5-2/h12-15,18-21,40-42H,4-11,16-17,22-39H2,1-3H3,(H,46,48)/b14-12-,15-13-,20-18-,21-19-. The molecule has 0 aliphatic rings. The number of rotatable bonds is 34. The van der Waals surface area contributed by atoms with Crippen molar-refractivity contribution in [1.82, 2.24) is 14.9 Å². The Morgan fingerprint density at radius 2 is 1.04 bits per heavy atom. The molecule has 0 unspecified atom stereocenters. The van der Waals surface area contributed by atoms with E-state index in [1.807, 2.05) is 24.1 Å². The maximum Gasteiger partial charge on any atom is 0.220 e. The molecule has 0 fully saturated rings. The molecule has 1 heterocycles. The highest BCUT2D eigenvalue weighted by Crippen LogP contribution is 2.16. The van der Waals surface area contributed by atoms with Gasteiger partial charge >= 0.3 is 0 Å². The predicted octanol–water partition coefficient (Wildman–Crippen LogP) is 13.2. The van der Waals surface area contributed by atoms with Gasteiger partial charge in [-0.2, -0.15) is 0 Å². The van der Waals surface area contributed by atoms with E-state index in [-0.39, 0.29) is 5.91 Å². The number of aromatic nitrogens is 2. The minimum Gasteiger partial charge on any atom is -0.353 e. The molecule has 0 aromatic carbocycles. The first kappa shape index (κ1) is 43.7. The Hall–Kier alpha value is -2.36. The van der Waals surface area contributed by atoms with Crippen LogP contribution >= 0.6 is 0 Å². The predicted molar refractivity (Wildman–Crippen MR) is 211 cm³/mol. The summed E-state index contributed by atoms with van der Waals surface area (Å²) in [5.74, 6) is 0.186. The largest absolute Gasteiger partial charge is 0.353 e. The summed E-state index contributed by atoms with van der Waals surface area (Å²) >= 11 is 0. The highest BCUT2D eigenvalue weighted by atomic mass is 16.1. The van der Waals surface area contributed by atoms with Crippen LogP contribution in [0, 0.1) is 0 Å². The van der Waals surface area contributed by atoms with Gasteiger partial charge in [-0.05, 0) is 83.5 Å². The molecule has 48 heavy (non-hydrogen) atoms. The maximum atomic E-state index is 12.8. The van der Waals surface area contributed by atoms with Crippen molar-refractivity contribution in [3.63, 3.8) is 0 Å². The van der Waals surface area contributed by atoms with Gasteiger partial charge in [0.2, 0.25) is 5.91 Å². The molecular weight excluding hydrogens is 587 g/mol. The lowest BCUT2D eigenvalue weighted by Crippen LogP contribution is -2.35. The van der Waals surface area contributed by atoms with Crippen molar-refractivity contribution < 1.29 is 4.79 Å². The minimum absolute atomic E-state index is 0.186. The zero-order chi connectivity index (χ0) is 34.6. The van der Waals surface area contributed by atoms with Gasteiger partial charge in [-0.1, -0.05) is 152 Å². The Kier molecular flexibility index (Phi) is 31.4. The SMILES string of the molecule is CCCCC/C=C\C/C=C\CCCCCCCCC(CCCCCCCC/C=C\C/C=C\CCCCC)NC(=O)CCc1cn(C)cn1. The van der Waals surface area contributed by atoms with Crippen molar-refractivity contribution in [3.05, 3.63) is 66.8 Å². The zero-order valence-electron chi connectivity index (χ0n) is 32.0. The summed E-state index contributed by atoms with van der Waals surface area (Å²) in [6.45, 7) is 4.52. The molecule has 0 aliphatic carbocycles. The molecule has 0 aliphatic heterocycles. The fourth-order valence-corrected chi connectivity index (χ4v) is 6.18. The van der Waals surface area contributed by atoms with Crippen LogP contribution in [0.4, 0.5) is 0 Å². The number of carbonyl (C=O) groups excluding carboxylic acids is 1. The summed E-state index contributed by atoms with van der Waals surface area (Å²) in [5, 5.41) is 3.40. The third-order valence-corrected chi connectivity index (χ3v) is 9.24. The number of hydrogen-bond donors (Lipinski definition) is 1. The van der Waals surface area contributed by atoms with Gasteiger partial charge in [0.25, 0.3) is 0 Å². The first-order valence-corrected chi connectivity index (χ1v) is 20.5. The van der Waals surface area contributed by atoms with Crippen molar-refractivity contribution in [3.8, 4) is 0 Å². The van der Waals surface area contributed by atoms with Gasteiger partial charge in [0, 0.05) is 25.7 Å². The third kappa shape index (κ3) is 29.8. The van der Waals surface area contributed by atoms with Crippen LogP contribution < -0.4 is 5.32 Å². The van der Waals surface area contributed by atoms with Crippen LogP contribution in [0.25, 0.3) is 0 Å². The van der Waals surface area contributed by atoms with E-state index in [2.05, 4.69) is 72.8 Å². The smallest absolute Gasteiger partial charge is 0.220 e. The van der Waals surface area contributed by atoms with E-state index in [9.17, 15) is 4.79 Å². The molecule has 4 heteroatoms. The lowest BCUT2D eigenvalue weighted by molar-refractivity contribution is -0.121. The molecule has 0 bridgehead atoms. The number of aryl methyl sites for hydroxylation is 2. The normalized spacial score (nSPS) is 12.2. The summed E-state index contributed by atoms with van der Waals surface area (Å²) in [6, 6.07) is 0.317. The second-order valence-corrected chi connectivity index (χ2v) is 14.0. The molecule has 0 atom stereocenters. The molecule has 0 saturated heterocycles. The van der Waals surface area contributed by atoms with Gasteiger partial charge in [0.1, 0.15) is 0 Å². The molecule has 0 radical (unpaired) electrons. The molecule has 1 amide bonds. The van der Waals surface area contributed by atoms with E-state index < -0.39 is 0 Å². The number of nitrogens with zero attached hydrogens (tertiary/aromatic N) is 2. The van der Waals surface area contributed by atoms with Crippen LogP contribution in [-0.2, 0) is 18.3 Å². The molecule has 0 spiro atoms. The van der Waals surface area contributed by atoms with Gasteiger partial charge in [-0.25, -0.2) is 4.98 Å². The first-order chi connectivity index (χ1) is 23.7. The van der Waals surface area contributed by atoms with E-state index >= 15 is 0 Å². The topological polar surface area (TPSA) is 46.9 Å². The first-order valence-electron chi connectivity index (χ1n) is 20.5. The molecule has 1 N–H and O–H groups in total. The number of unbranched alkanes of at least 4 members (excludes halogenated alkanes) is 18. The summed E-state index contributed by atoms with van der Waals surface area (Å²) in [4.78, 5) is 17.2. The quantitative estimate of drug-likeness (QED) is 0.0589. The summed E-state index contributed by atoms with van der Waals surface area (Å²) in [5.41, 5.74) is 1.000. The van der Waals surface area contributed by atoms with Gasteiger partial charge in [-0.15, -0.1) is 0 Å². The Bertz CT molecular complexity index is 908. The number of nitrogens with one attached hydrogen (secondary N) is 1. The summed E-state index contributed by atoms with van der Waals surface area (Å²) < 4.78 is 1.95. The third-order valence-electron chi connectivity index (χ3n) is 9.24. The lowest BCUT2D eigenvalue weighted by Gasteiger charge is -2.19. The second-order valence-electron chi connectivity index (χ2n) is 14.0. The van der Waals surface area contributed by atoms with Crippen LogP contribution in [0.1, 0.15) is 193 Å². The molecule has 0 saturated carbocycles. The van der Waals surface area contributed by atoms with E-state index in [0.29, 0.717) is 12.5 Å². The average molecular weight is 664 g/mol. The fourth-order valence-electron chi connectivity index (χ4n) is 6.18. The Morgan fingerprint density at radius 3 is 1.46 bits per heavy atom. The fraction of sp³-hybridized carbons (Fsp3) is 0.727.